The van der Waals surface area contributed by atoms with Crippen molar-refractivity contribution in [1.29, 1.82) is 0 Å². The smallest absolute Gasteiger partial charge is 0.0629 e. The molecule has 0 aromatic heterocycles. The Bertz CT molecular complexity index is 1420. The van der Waals surface area contributed by atoms with Crippen LogP contribution in [0.2, 0.25) is 0 Å². The Morgan fingerprint density at radius 3 is 1.35 bits per heavy atom. The molecule has 0 aliphatic carbocycles. The maximum atomic E-state index is 2.55. The maximum absolute atomic E-state index is 2.55. The van der Waals surface area contributed by atoms with Crippen LogP contribution in [0.5, 0.6) is 0 Å². The second-order valence-electron chi connectivity index (χ2n) is 8.45. The van der Waals surface area contributed by atoms with Gasteiger partial charge in [0.15, 0.2) is 0 Å². The van der Waals surface area contributed by atoms with Gasteiger partial charge in [-0.3, -0.25) is 0 Å². The molecule has 0 saturated carbocycles. The molecule has 1 nitrogen and oxygen atoms in total. The molecule has 7 rings (SSSR count). The van der Waals surface area contributed by atoms with Crippen molar-refractivity contribution < 1.29 is 0 Å². The molecule has 0 saturated heterocycles. The lowest BCUT2D eigenvalue weighted by Gasteiger charge is -2.44. The molecule has 0 amide bonds. The molecular weight excluding hydrogens is 563 g/mol. The number of fused-ring (bicyclic) bond motifs is 4. The van der Waals surface area contributed by atoms with Crippen molar-refractivity contribution in [2.45, 2.75) is 0 Å². The molecule has 162 valence electrons. The number of hydrogen-bond acceptors (Lipinski definition) is 1. The molecular formula is C30H20INP2. The third-order valence-electron chi connectivity index (χ3n) is 6.50. The van der Waals surface area contributed by atoms with Gasteiger partial charge in [-0.15, -0.1) is 0 Å². The first-order chi connectivity index (χ1) is 16.8. The normalized spacial score (nSPS) is 17.5. The molecule has 34 heavy (non-hydrogen) atoms. The van der Waals surface area contributed by atoms with E-state index in [9.17, 15) is 0 Å². The summed E-state index contributed by atoms with van der Waals surface area (Å²) in [4.78, 5) is 2.55. The van der Waals surface area contributed by atoms with Crippen LogP contribution in [0.3, 0.4) is 0 Å². The van der Waals surface area contributed by atoms with E-state index >= 15 is 0 Å². The second-order valence-corrected chi connectivity index (χ2v) is 14.0. The number of para-hydroxylation sites is 2. The van der Waals surface area contributed by atoms with Crippen molar-refractivity contribution in [3.63, 3.8) is 0 Å². The molecule has 5 aromatic carbocycles. The van der Waals surface area contributed by atoms with E-state index in [2.05, 4.69) is 149 Å². The Hall–Kier alpha value is -2.51. The highest BCUT2D eigenvalue weighted by atomic mass is 127. The van der Waals surface area contributed by atoms with Gasteiger partial charge < -0.3 is 4.90 Å². The molecule has 2 aliphatic heterocycles. The molecule has 2 heterocycles. The highest BCUT2D eigenvalue weighted by molar-refractivity contribution is 14.1. The highest BCUT2D eigenvalue weighted by Crippen LogP contribution is 2.54. The van der Waals surface area contributed by atoms with Gasteiger partial charge in [-0.05, 0) is 73.3 Å². The first-order valence-corrected chi connectivity index (χ1v) is 15.1. The predicted octanol–water partition coefficient (Wildman–Crippen LogP) is 5.90. The third-order valence-corrected chi connectivity index (χ3v) is 12.1. The monoisotopic (exact) mass is 583 g/mol. The van der Waals surface area contributed by atoms with Gasteiger partial charge in [-0.2, -0.15) is 0 Å². The van der Waals surface area contributed by atoms with Gasteiger partial charge in [-0.25, -0.2) is 0 Å². The van der Waals surface area contributed by atoms with Crippen LogP contribution in [0.4, 0.5) is 17.1 Å². The number of nitrogens with zero attached hydrogens (tertiary/aromatic N) is 1. The summed E-state index contributed by atoms with van der Waals surface area (Å²) in [6.07, 6.45) is 0. The largest absolute Gasteiger partial charge is 0.308 e. The summed E-state index contributed by atoms with van der Waals surface area (Å²) in [6.45, 7) is 0. The molecule has 0 radical (unpaired) electrons. The van der Waals surface area contributed by atoms with E-state index in [-0.39, 0.29) is 0 Å². The Morgan fingerprint density at radius 1 is 0.471 bits per heavy atom. The fraction of sp³-hybridized carbons (Fsp3) is 0. The number of benzene rings is 5. The fourth-order valence-electron chi connectivity index (χ4n) is 5.17. The minimum Gasteiger partial charge on any atom is -0.308 e. The average molecular weight is 583 g/mol. The second kappa shape index (κ2) is 8.31. The molecule has 0 bridgehead atoms. The van der Waals surface area contributed by atoms with Crippen LogP contribution in [0.15, 0.2) is 121 Å². The fourth-order valence-corrected chi connectivity index (χ4v) is 11.6. The molecule has 2 atom stereocenters. The van der Waals surface area contributed by atoms with Crippen LogP contribution in [0.25, 0.3) is 0 Å². The quantitative estimate of drug-likeness (QED) is 0.181. The van der Waals surface area contributed by atoms with Crippen molar-refractivity contribution in [2.75, 3.05) is 4.90 Å². The lowest BCUT2D eigenvalue weighted by atomic mass is 10.1. The van der Waals surface area contributed by atoms with E-state index in [1.807, 2.05) is 0 Å². The third kappa shape index (κ3) is 3.13. The van der Waals surface area contributed by atoms with Crippen LogP contribution in [-0.2, 0) is 0 Å². The van der Waals surface area contributed by atoms with Crippen LogP contribution in [0, 0.1) is 3.57 Å². The van der Waals surface area contributed by atoms with Crippen molar-refractivity contribution in [3.8, 4) is 0 Å². The first-order valence-electron chi connectivity index (χ1n) is 11.3. The Morgan fingerprint density at radius 2 is 0.882 bits per heavy atom. The van der Waals surface area contributed by atoms with Crippen molar-refractivity contribution in [1.82, 2.24) is 0 Å². The van der Waals surface area contributed by atoms with Gasteiger partial charge in [0.2, 0.25) is 0 Å². The molecule has 5 aromatic rings. The lowest BCUT2D eigenvalue weighted by Crippen LogP contribution is -2.43. The SMILES string of the molecule is Ic1cc2c3c(c1)P(c1ccccc1)c1ccccc1N3c1ccccc1P2c1ccccc1. The average Bonchev–Trinajstić information content (AvgIpc) is 2.89. The van der Waals surface area contributed by atoms with Crippen molar-refractivity contribution >= 4 is 87.3 Å². The maximum Gasteiger partial charge on any atom is 0.0629 e. The summed E-state index contributed by atoms with van der Waals surface area (Å²) >= 11 is 2.53. The van der Waals surface area contributed by atoms with Gasteiger partial charge >= 0.3 is 0 Å². The van der Waals surface area contributed by atoms with Crippen LogP contribution in [0.1, 0.15) is 0 Å². The van der Waals surface area contributed by atoms with Gasteiger partial charge in [0.1, 0.15) is 0 Å². The number of anilines is 3. The van der Waals surface area contributed by atoms with E-state index in [4.69, 9.17) is 0 Å². The summed E-state index contributed by atoms with van der Waals surface area (Å²) in [5.74, 6) is 0. The standard InChI is InChI=1S/C30H20INP2/c31-21-19-28-30-29(20-21)34(23-13-5-2-6-14-23)27-18-10-8-16-25(27)32(30)24-15-7-9-17-26(24)33(28)22-11-3-1-4-12-22/h1-20H. The van der Waals surface area contributed by atoms with Gasteiger partial charge in [0.05, 0.1) is 17.1 Å². The summed E-state index contributed by atoms with van der Waals surface area (Å²) in [5.41, 5.74) is 4.05. The van der Waals surface area contributed by atoms with Gasteiger partial charge in [-0.1, -0.05) is 97.1 Å². The molecule has 2 aliphatic rings. The Kier molecular flexibility index (Phi) is 5.09. The van der Waals surface area contributed by atoms with E-state index in [1.54, 1.807) is 0 Å². The van der Waals surface area contributed by atoms with Crippen molar-refractivity contribution in [2.24, 2.45) is 0 Å². The van der Waals surface area contributed by atoms with Crippen molar-refractivity contribution in [3.05, 3.63) is 125 Å². The molecule has 0 fully saturated rings. The highest BCUT2D eigenvalue weighted by Gasteiger charge is 2.40. The molecule has 4 heteroatoms. The van der Waals surface area contributed by atoms with Gasteiger partial charge in [0, 0.05) is 24.8 Å². The topological polar surface area (TPSA) is 3.24 Å². The molecule has 2 unspecified atom stereocenters. The van der Waals surface area contributed by atoms with E-state index in [0.29, 0.717) is 0 Å². The van der Waals surface area contributed by atoms with Crippen LogP contribution < -0.4 is 36.7 Å². The van der Waals surface area contributed by atoms with Gasteiger partial charge in [0.25, 0.3) is 0 Å². The zero-order valence-electron chi connectivity index (χ0n) is 18.3. The summed E-state index contributed by atoms with van der Waals surface area (Å²) in [6, 6.07) is 45.1. The number of hydrogen-bond donors (Lipinski definition) is 0. The molecule has 0 spiro atoms. The first kappa shape index (κ1) is 20.8. The van der Waals surface area contributed by atoms with E-state index in [0.717, 1.165) is 0 Å². The Labute approximate surface area is 216 Å². The predicted molar refractivity (Wildman–Crippen MR) is 158 cm³/mol. The summed E-state index contributed by atoms with van der Waals surface area (Å²) in [7, 11) is -1.29. The summed E-state index contributed by atoms with van der Waals surface area (Å²) < 4.78 is 1.32. The minimum absolute atomic E-state index is 0.643. The summed E-state index contributed by atoms with van der Waals surface area (Å²) in [5, 5.41) is 8.64. The zero-order valence-corrected chi connectivity index (χ0v) is 22.2. The minimum atomic E-state index is -0.643. The van der Waals surface area contributed by atoms with Crippen LogP contribution >= 0.6 is 38.4 Å². The van der Waals surface area contributed by atoms with E-state index < -0.39 is 15.8 Å². The van der Waals surface area contributed by atoms with Crippen LogP contribution in [-0.4, -0.2) is 0 Å². The lowest BCUT2D eigenvalue weighted by molar-refractivity contribution is 1.31. The number of halogens is 1. The zero-order chi connectivity index (χ0) is 22.6. The molecule has 0 N–H and O–H groups in total. The van der Waals surface area contributed by atoms with E-state index in [1.165, 1.54) is 52.5 Å². The number of rotatable bonds is 2. The Balaban J connectivity index is 1.60.